The van der Waals surface area contributed by atoms with E-state index in [-0.39, 0.29) is 18.4 Å². The van der Waals surface area contributed by atoms with Gasteiger partial charge in [-0.25, -0.2) is 0 Å². The first-order valence-electron chi connectivity index (χ1n) is 7.30. The summed E-state index contributed by atoms with van der Waals surface area (Å²) in [4.78, 5) is 23.2. The molecule has 2 amide bonds. The molecule has 1 saturated carbocycles. The van der Waals surface area contributed by atoms with Crippen LogP contribution in [0.4, 0.5) is 11.4 Å². The maximum atomic E-state index is 11.9. The molecule has 1 heterocycles. The van der Waals surface area contributed by atoms with Gasteiger partial charge in [-0.15, -0.1) is 0 Å². The van der Waals surface area contributed by atoms with Crippen LogP contribution in [0.3, 0.4) is 0 Å². The van der Waals surface area contributed by atoms with Crippen molar-refractivity contribution < 1.29 is 14.3 Å². The maximum absolute atomic E-state index is 11.9. The molecule has 2 aliphatic rings. The highest BCUT2D eigenvalue weighted by Gasteiger charge is 2.17. The molecule has 3 rings (SSSR count). The molecule has 6 heteroatoms. The van der Waals surface area contributed by atoms with E-state index in [1.54, 1.807) is 18.2 Å². The highest BCUT2D eigenvalue weighted by atomic mass is 16.5. The number of carbonyl (C=O) groups is 2. The summed E-state index contributed by atoms with van der Waals surface area (Å²) in [7, 11) is 0. The minimum atomic E-state index is -0.186. The van der Waals surface area contributed by atoms with Crippen molar-refractivity contribution in [3.05, 3.63) is 18.2 Å². The number of anilines is 2. The fourth-order valence-electron chi connectivity index (χ4n) is 2.73. The van der Waals surface area contributed by atoms with Crippen LogP contribution in [0.15, 0.2) is 18.2 Å². The van der Waals surface area contributed by atoms with E-state index in [1.807, 2.05) is 0 Å². The second-order valence-electron chi connectivity index (χ2n) is 5.46. The molecular formula is C15H19N3O3. The number of rotatable bonds is 4. The summed E-state index contributed by atoms with van der Waals surface area (Å²) in [5.74, 6) is 0.357. The Morgan fingerprint density at radius 1 is 1.33 bits per heavy atom. The number of benzene rings is 1. The topological polar surface area (TPSA) is 79.5 Å². The van der Waals surface area contributed by atoms with E-state index >= 15 is 0 Å². The normalized spacial score (nSPS) is 17.8. The first-order chi connectivity index (χ1) is 10.2. The van der Waals surface area contributed by atoms with Gasteiger partial charge >= 0.3 is 0 Å². The van der Waals surface area contributed by atoms with E-state index < -0.39 is 0 Å². The van der Waals surface area contributed by atoms with E-state index in [2.05, 4.69) is 16.0 Å². The van der Waals surface area contributed by atoms with Crippen LogP contribution in [0.25, 0.3) is 0 Å². The van der Waals surface area contributed by atoms with Gasteiger partial charge in [0.25, 0.3) is 5.91 Å². The molecule has 0 aromatic heterocycles. The third-order valence-corrected chi connectivity index (χ3v) is 3.80. The van der Waals surface area contributed by atoms with Crippen LogP contribution in [0.5, 0.6) is 5.75 Å². The van der Waals surface area contributed by atoms with Gasteiger partial charge in [0.15, 0.2) is 6.61 Å². The maximum Gasteiger partial charge on any atom is 0.262 e. The van der Waals surface area contributed by atoms with Gasteiger partial charge in [0, 0.05) is 11.7 Å². The molecule has 1 fully saturated rings. The Labute approximate surface area is 123 Å². The van der Waals surface area contributed by atoms with Gasteiger partial charge in [-0.05, 0) is 31.0 Å². The molecule has 1 aliphatic carbocycles. The number of nitrogens with one attached hydrogen (secondary N) is 3. The van der Waals surface area contributed by atoms with Gasteiger partial charge in [-0.3, -0.25) is 9.59 Å². The average molecular weight is 289 g/mol. The fourth-order valence-corrected chi connectivity index (χ4v) is 2.73. The summed E-state index contributed by atoms with van der Waals surface area (Å²) in [6.45, 7) is 0.342. The Hall–Kier alpha value is -2.08. The lowest BCUT2D eigenvalue weighted by atomic mass is 10.2. The molecule has 1 aromatic carbocycles. The monoisotopic (exact) mass is 289 g/mol. The lowest BCUT2D eigenvalue weighted by molar-refractivity contribution is -0.118. The number of amides is 2. The molecule has 0 bridgehead atoms. The minimum absolute atomic E-state index is 0.0318. The molecule has 0 atom stereocenters. The molecule has 1 aromatic rings. The lowest BCUT2D eigenvalue weighted by Crippen LogP contribution is -2.34. The van der Waals surface area contributed by atoms with Crippen molar-refractivity contribution in [2.75, 3.05) is 23.8 Å². The van der Waals surface area contributed by atoms with Crippen molar-refractivity contribution in [2.45, 2.75) is 31.7 Å². The Kier molecular flexibility index (Phi) is 4.06. The van der Waals surface area contributed by atoms with E-state index in [0.717, 1.165) is 12.8 Å². The molecule has 6 nitrogen and oxygen atoms in total. The van der Waals surface area contributed by atoms with Crippen molar-refractivity contribution in [3.63, 3.8) is 0 Å². The zero-order valence-electron chi connectivity index (χ0n) is 11.8. The number of ether oxygens (including phenoxy) is 1. The Morgan fingerprint density at radius 2 is 2.14 bits per heavy atom. The standard InChI is InChI=1S/C15H19N3O3/c19-14(8-16-10-3-1-2-4-10)17-11-5-6-13-12(7-11)18-15(20)9-21-13/h5-7,10,16H,1-4,8-9H2,(H,17,19)(H,18,20). The smallest absolute Gasteiger partial charge is 0.262 e. The quantitative estimate of drug-likeness (QED) is 0.784. The van der Waals surface area contributed by atoms with Crippen molar-refractivity contribution in [3.8, 4) is 5.75 Å². The second-order valence-corrected chi connectivity index (χ2v) is 5.46. The van der Waals surface area contributed by atoms with E-state index in [4.69, 9.17) is 4.74 Å². The van der Waals surface area contributed by atoms with E-state index in [9.17, 15) is 9.59 Å². The first-order valence-corrected chi connectivity index (χ1v) is 7.30. The summed E-state index contributed by atoms with van der Waals surface area (Å²) in [6, 6.07) is 5.69. The highest BCUT2D eigenvalue weighted by molar-refractivity contribution is 5.97. The Bertz CT molecular complexity index is 553. The number of fused-ring (bicyclic) bond motifs is 1. The van der Waals surface area contributed by atoms with Crippen LogP contribution >= 0.6 is 0 Å². The van der Waals surface area contributed by atoms with Gasteiger partial charge in [0.1, 0.15) is 5.75 Å². The lowest BCUT2D eigenvalue weighted by Gasteiger charge is -2.18. The number of hydrogen-bond acceptors (Lipinski definition) is 4. The average Bonchev–Trinajstić information content (AvgIpc) is 2.98. The van der Waals surface area contributed by atoms with Crippen molar-refractivity contribution in [1.82, 2.24) is 5.32 Å². The number of hydrogen-bond donors (Lipinski definition) is 3. The van der Waals surface area contributed by atoms with Crippen molar-refractivity contribution in [2.24, 2.45) is 0 Å². The third kappa shape index (κ3) is 3.52. The largest absolute Gasteiger partial charge is 0.482 e. The van der Waals surface area contributed by atoms with Gasteiger partial charge in [-0.2, -0.15) is 0 Å². The predicted molar refractivity (Wildman–Crippen MR) is 79.5 cm³/mol. The summed E-state index contributed by atoms with van der Waals surface area (Å²) in [5, 5.41) is 8.81. The van der Waals surface area contributed by atoms with Gasteiger partial charge in [0.2, 0.25) is 5.91 Å². The molecule has 3 N–H and O–H groups in total. The minimum Gasteiger partial charge on any atom is -0.482 e. The SMILES string of the molecule is O=C(CNC1CCCC1)Nc1ccc2c(c1)NC(=O)CO2. The third-order valence-electron chi connectivity index (χ3n) is 3.80. The number of carbonyl (C=O) groups excluding carboxylic acids is 2. The fraction of sp³-hybridized carbons (Fsp3) is 0.467. The van der Waals surface area contributed by atoms with Crippen LogP contribution in [0.2, 0.25) is 0 Å². The van der Waals surface area contributed by atoms with Crippen LogP contribution in [0.1, 0.15) is 25.7 Å². The molecule has 0 saturated heterocycles. The molecule has 0 spiro atoms. The van der Waals surface area contributed by atoms with Gasteiger partial charge in [-0.1, -0.05) is 12.8 Å². The van der Waals surface area contributed by atoms with Crippen LogP contribution in [-0.4, -0.2) is 31.0 Å². The summed E-state index contributed by atoms with van der Waals surface area (Å²) < 4.78 is 5.27. The molecule has 112 valence electrons. The highest BCUT2D eigenvalue weighted by Crippen LogP contribution is 2.30. The predicted octanol–water partition coefficient (Wildman–Crippen LogP) is 1.49. The van der Waals surface area contributed by atoms with Crippen molar-refractivity contribution in [1.29, 1.82) is 0 Å². The Morgan fingerprint density at radius 3 is 2.95 bits per heavy atom. The zero-order chi connectivity index (χ0) is 14.7. The summed E-state index contributed by atoms with van der Waals surface area (Å²) >= 11 is 0. The molecule has 0 unspecified atom stereocenters. The van der Waals surface area contributed by atoms with Crippen LogP contribution in [0, 0.1) is 0 Å². The van der Waals surface area contributed by atoms with Crippen LogP contribution in [-0.2, 0) is 9.59 Å². The molecular weight excluding hydrogens is 270 g/mol. The molecule has 21 heavy (non-hydrogen) atoms. The summed E-state index contributed by atoms with van der Waals surface area (Å²) in [5.41, 5.74) is 1.24. The van der Waals surface area contributed by atoms with E-state index in [1.165, 1.54) is 12.8 Å². The molecule has 1 aliphatic heterocycles. The zero-order valence-corrected chi connectivity index (χ0v) is 11.8. The van der Waals surface area contributed by atoms with Crippen molar-refractivity contribution >= 4 is 23.2 Å². The first kappa shape index (κ1) is 13.9. The van der Waals surface area contributed by atoms with Crippen LogP contribution < -0.4 is 20.7 Å². The van der Waals surface area contributed by atoms with Gasteiger partial charge < -0.3 is 20.7 Å². The second kappa shape index (κ2) is 6.13. The van der Waals surface area contributed by atoms with Gasteiger partial charge in [0.05, 0.1) is 12.2 Å². The summed E-state index contributed by atoms with van der Waals surface area (Å²) in [6.07, 6.45) is 4.78. The van der Waals surface area contributed by atoms with E-state index in [0.29, 0.717) is 29.7 Å². The Balaban J connectivity index is 1.55. The molecule has 0 radical (unpaired) electrons.